The molecule has 0 aromatic carbocycles. The van der Waals surface area contributed by atoms with Crippen LogP contribution in [-0.2, 0) is 51.9 Å². The Morgan fingerprint density at radius 2 is 0.806 bits per heavy atom. The summed E-state index contributed by atoms with van der Waals surface area (Å²) < 4.78 is 0. The monoisotopic (exact) mass is 963 g/mol. The van der Waals surface area contributed by atoms with E-state index in [4.69, 9.17) is 37.6 Å². The first-order valence-corrected chi connectivity index (χ1v) is 23.8. The first kappa shape index (κ1) is 55.7. The molecule has 5 aromatic heterocycles. The minimum atomic E-state index is -1.01. The smallest absolute Gasteiger partial charge is 0.320 e. The summed E-state index contributed by atoms with van der Waals surface area (Å²) in [6, 6.07) is 14.9. The van der Waals surface area contributed by atoms with Crippen molar-refractivity contribution in [2.24, 2.45) is 17.2 Å². The van der Waals surface area contributed by atoms with Gasteiger partial charge in [0.15, 0.2) is 0 Å². The number of nitrogens with zero attached hydrogens (tertiary/aromatic N) is 8. The summed E-state index contributed by atoms with van der Waals surface area (Å²) in [7, 11) is 0. The van der Waals surface area contributed by atoms with E-state index >= 15 is 0 Å². The number of pyridine rings is 3. The van der Waals surface area contributed by atoms with Crippen LogP contribution < -0.4 is 17.2 Å². The van der Waals surface area contributed by atoms with Gasteiger partial charge in [-0.25, -0.2) is 9.97 Å². The van der Waals surface area contributed by atoms with E-state index in [-0.39, 0.29) is 6.54 Å². The maximum atomic E-state index is 10.9. The number of carboxylic acids is 4. The van der Waals surface area contributed by atoms with Gasteiger partial charge in [-0.1, -0.05) is 37.5 Å². The Hall–Kier alpha value is -5.65. The number of rotatable bonds is 30. The number of aliphatic carboxylic acids is 4. The van der Waals surface area contributed by atoms with Gasteiger partial charge in [0.1, 0.15) is 28.1 Å². The van der Waals surface area contributed by atoms with Gasteiger partial charge >= 0.3 is 23.9 Å². The van der Waals surface area contributed by atoms with Crippen molar-refractivity contribution >= 4 is 46.6 Å². The summed E-state index contributed by atoms with van der Waals surface area (Å²) in [5.41, 5.74) is 19.3. The molecule has 364 valence electrons. The molecule has 3 unspecified atom stereocenters. The number of carboxylic acid groups (broad SMARTS) is 4. The second-order valence-electron chi connectivity index (χ2n) is 15.7. The molecule has 0 aliphatic rings. The van der Waals surface area contributed by atoms with Crippen LogP contribution in [0.3, 0.4) is 0 Å². The SMILES string of the molecule is NC(CCCCN(CC(=O)O)Cc1ccccn1)C(=O)O.NC(CCCCN(Cc1ccccn1)Cc1ccccn1)C(=O)O.NC(CCCCN(Cc1nccs1)Cc1nccs1)C(=O)O. The number of hydrogen-bond acceptors (Lipinski definition) is 17. The third-order valence-electron chi connectivity index (χ3n) is 10.0. The van der Waals surface area contributed by atoms with E-state index in [9.17, 15) is 19.2 Å². The lowest BCUT2D eigenvalue weighted by Crippen LogP contribution is -2.32. The number of unbranched alkanes of at least 4 members (excludes halogenated alkanes) is 3. The van der Waals surface area contributed by atoms with Gasteiger partial charge in [0, 0.05) is 61.4 Å². The van der Waals surface area contributed by atoms with Gasteiger partial charge in [0.05, 0.1) is 36.7 Å². The van der Waals surface area contributed by atoms with E-state index in [0.717, 1.165) is 92.0 Å². The average molecular weight is 964 g/mol. The molecule has 0 amide bonds. The molecule has 10 N–H and O–H groups in total. The molecule has 67 heavy (non-hydrogen) atoms. The standard InChI is InChI=1S/C18H24N4O2.C14H20N4O2S2.C14H21N3O4/c19-17(18(23)24)9-3-6-12-22(13-15-7-1-4-10-20-15)14-16-8-2-5-11-21-16;15-11(14(19)20)3-1-2-6-18(9-12-16-4-7-21-12)10-13-17-5-8-22-13;15-12(14(20)21)6-2-4-8-17(10-13(18)19)9-11-5-1-3-7-16-11/h1-2,4-5,7-8,10-11,17H,3,6,9,12-14,19H2,(H,23,24);4-5,7-8,11H,1-3,6,9-10,15H2,(H,19,20);1,3,5,7,12H,2,4,6,8-10,15H2,(H,18,19)(H,20,21). The molecule has 5 rings (SSSR count). The van der Waals surface area contributed by atoms with Crippen LogP contribution in [0.15, 0.2) is 96.3 Å². The third kappa shape index (κ3) is 25.7. The Bertz CT molecular complexity index is 2000. The minimum Gasteiger partial charge on any atom is -0.480 e. The van der Waals surface area contributed by atoms with E-state index in [1.165, 1.54) is 0 Å². The number of aromatic nitrogens is 5. The minimum absolute atomic E-state index is 0.0679. The topological polar surface area (TPSA) is 301 Å². The summed E-state index contributed by atoms with van der Waals surface area (Å²) in [6.45, 7) is 5.75. The Morgan fingerprint density at radius 3 is 1.10 bits per heavy atom. The maximum absolute atomic E-state index is 10.9. The van der Waals surface area contributed by atoms with E-state index in [2.05, 4.69) is 34.7 Å². The van der Waals surface area contributed by atoms with Crippen molar-refractivity contribution in [3.63, 3.8) is 0 Å². The molecule has 3 atom stereocenters. The molecule has 21 heteroatoms. The van der Waals surface area contributed by atoms with Crippen LogP contribution in [0.1, 0.15) is 84.9 Å². The fraction of sp³-hybridized carbons (Fsp3) is 0.457. The lowest BCUT2D eigenvalue weighted by atomic mass is 10.1. The van der Waals surface area contributed by atoms with Gasteiger partial charge in [-0.3, -0.25) is 48.8 Å². The van der Waals surface area contributed by atoms with Crippen molar-refractivity contribution in [3.8, 4) is 0 Å². The van der Waals surface area contributed by atoms with Gasteiger partial charge in [-0.05, 0) is 94.6 Å². The van der Waals surface area contributed by atoms with E-state index < -0.39 is 42.0 Å². The number of hydrogen-bond donors (Lipinski definition) is 7. The zero-order valence-electron chi connectivity index (χ0n) is 37.7. The Morgan fingerprint density at radius 1 is 0.463 bits per heavy atom. The first-order valence-electron chi connectivity index (χ1n) is 22.1. The van der Waals surface area contributed by atoms with Crippen LogP contribution in [0.5, 0.6) is 0 Å². The molecule has 0 fully saturated rings. The molecule has 19 nitrogen and oxygen atoms in total. The largest absolute Gasteiger partial charge is 0.480 e. The van der Waals surface area contributed by atoms with E-state index in [0.29, 0.717) is 45.2 Å². The van der Waals surface area contributed by atoms with Gasteiger partial charge in [-0.15, -0.1) is 22.7 Å². The van der Waals surface area contributed by atoms with Gasteiger partial charge in [0.2, 0.25) is 0 Å². The first-order chi connectivity index (χ1) is 32.3. The molecule has 0 saturated heterocycles. The lowest BCUT2D eigenvalue weighted by Gasteiger charge is -2.21. The highest BCUT2D eigenvalue weighted by atomic mass is 32.1. The Labute approximate surface area is 399 Å². The van der Waals surface area contributed by atoms with Crippen molar-refractivity contribution in [1.29, 1.82) is 0 Å². The van der Waals surface area contributed by atoms with Crippen molar-refractivity contribution in [1.82, 2.24) is 39.6 Å². The molecule has 0 spiro atoms. The summed E-state index contributed by atoms with van der Waals surface area (Å²) in [6.07, 6.45) is 15.0. The highest BCUT2D eigenvalue weighted by molar-refractivity contribution is 7.09. The molecule has 0 radical (unpaired) electrons. The quantitative estimate of drug-likeness (QED) is 0.0304. The zero-order valence-corrected chi connectivity index (χ0v) is 39.4. The molecule has 0 aliphatic carbocycles. The Balaban J connectivity index is 0.000000267. The average Bonchev–Trinajstić information content (AvgIpc) is 4.04. The maximum Gasteiger partial charge on any atom is 0.320 e. The normalized spacial score (nSPS) is 12.4. The third-order valence-corrected chi connectivity index (χ3v) is 11.6. The highest BCUT2D eigenvalue weighted by Crippen LogP contribution is 2.15. The van der Waals surface area contributed by atoms with E-state index in [1.54, 1.807) is 52.2 Å². The summed E-state index contributed by atoms with van der Waals surface area (Å²) in [5, 5.41) is 41.3. The van der Waals surface area contributed by atoms with E-state index in [1.807, 2.05) is 71.7 Å². The van der Waals surface area contributed by atoms with Crippen LogP contribution in [-0.4, -0.2) is 128 Å². The summed E-state index contributed by atoms with van der Waals surface area (Å²) >= 11 is 3.29. The van der Waals surface area contributed by atoms with Crippen molar-refractivity contribution in [2.45, 2.75) is 109 Å². The summed E-state index contributed by atoms with van der Waals surface area (Å²) in [5.74, 6) is -3.77. The highest BCUT2D eigenvalue weighted by Gasteiger charge is 2.16. The molecule has 5 heterocycles. The molecular formula is C46H65N11O8S2. The van der Waals surface area contributed by atoms with Crippen molar-refractivity contribution in [3.05, 3.63) is 123 Å². The zero-order chi connectivity index (χ0) is 48.7. The van der Waals surface area contributed by atoms with Crippen LogP contribution in [0.2, 0.25) is 0 Å². The van der Waals surface area contributed by atoms with Crippen LogP contribution in [0.25, 0.3) is 0 Å². The molecule has 0 bridgehead atoms. The number of thiazole rings is 2. The molecule has 0 saturated carbocycles. The lowest BCUT2D eigenvalue weighted by molar-refractivity contribution is -0.139. The fourth-order valence-electron chi connectivity index (χ4n) is 6.51. The van der Waals surface area contributed by atoms with Crippen LogP contribution >= 0.6 is 22.7 Å². The Kier molecular flexibility index (Phi) is 27.4. The number of nitrogens with two attached hydrogens (primary N) is 3. The van der Waals surface area contributed by atoms with Gasteiger partial charge in [0.25, 0.3) is 0 Å². The second-order valence-corrected chi connectivity index (χ2v) is 17.6. The molecule has 0 aliphatic heterocycles. The second kappa shape index (κ2) is 32.9. The summed E-state index contributed by atoms with van der Waals surface area (Å²) in [4.78, 5) is 70.9. The van der Waals surface area contributed by atoms with Gasteiger partial charge in [-0.2, -0.15) is 0 Å². The molecular weight excluding hydrogens is 899 g/mol. The van der Waals surface area contributed by atoms with Crippen LogP contribution in [0.4, 0.5) is 0 Å². The van der Waals surface area contributed by atoms with Gasteiger partial charge < -0.3 is 37.6 Å². The predicted molar refractivity (Wildman–Crippen MR) is 256 cm³/mol. The van der Waals surface area contributed by atoms with Crippen LogP contribution in [0, 0.1) is 0 Å². The van der Waals surface area contributed by atoms with Crippen molar-refractivity contribution in [2.75, 3.05) is 26.2 Å². The molecule has 5 aromatic rings. The fourth-order valence-corrected chi connectivity index (χ4v) is 7.82. The predicted octanol–water partition coefficient (Wildman–Crippen LogP) is 4.80. The number of carbonyl (C=O) groups is 4. The van der Waals surface area contributed by atoms with Crippen molar-refractivity contribution < 1.29 is 39.6 Å².